The molecule has 0 aliphatic rings. The third-order valence-electron chi connectivity index (χ3n) is 5.79. The highest BCUT2D eigenvalue weighted by Crippen LogP contribution is 2.37. The number of carbonyl (C=O) groups is 2. The first kappa shape index (κ1) is 29.7. The van der Waals surface area contributed by atoms with E-state index in [4.69, 9.17) is 37.4 Å². The summed E-state index contributed by atoms with van der Waals surface area (Å²) in [5, 5.41) is 15.1. The molecule has 210 valence electrons. The number of nitrogens with zero attached hydrogens (tertiary/aromatic N) is 3. The van der Waals surface area contributed by atoms with Crippen LogP contribution in [0.15, 0.2) is 53.0 Å². The monoisotopic (exact) mass is 620 g/mol. The van der Waals surface area contributed by atoms with Gasteiger partial charge in [0.1, 0.15) is 27.9 Å². The Morgan fingerprint density at radius 1 is 1.10 bits per heavy atom. The fourth-order valence-corrected chi connectivity index (χ4v) is 5.89. The standard InChI is InChI=1S/C27H26Cl2N4O5S2/c1-33-22(5-4-12-38-21-11-8-17(28)13-20(21)29)31-32-27(33)40-15-23(34)30-25-24(26(35)37-3)19(14-39-25)16-6-9-18(36-2)10-7-16/h6-11,13-14H,4-5,12,15H2,1-3H3,(H,30,34). The van der Waals surface area contributed by atoms with Crippen LogP contribution in [0.3, 0.4) is 0 Å². The minimum Gasteiger partial charge on any atom is -0.497 e. The van der Waals surface area contributed by atoms with Crippen LogP contribution >= 0.6 is 46.3 Å². The normalized spacial score (nSPS) is 10.8. The molecule has 0 aliphatic heterocycles. The number of aryl methyl sites for hydroxylation is 1. The third kappa shape index (κ3) is 7.28. The smallest absolute Gasteiger partial charge is 0.341 e. The number of hydrogen-bond donors (Lipinski definition) is 1. The van der Waals surface area contributed by atoms with E-state index in [1.165, 1.54) is 30.2 Å². The number of methoxy groups -OCH3 is 2. The van der Waals surface area contributed by atoms with E-state index in [0.717, 1.165) is 11.4 Å². The van der Waals surface area contributed by atoms with Gasteiger partial charge in [-0.1, -0.05) is 47.1 Å². The number of nitrogens with one attached hydrogen (secondary N) is 1. The molecule has 0 saturated heterocycles. The Balaban J connectivity index is 1.33. The van der Waals surface area contributed by atoms with E-state index in [2.05, 4.69) is 15.5 Å². The molecule has 0 radical (unpaired) electrons. The summed E-state index contributed by atoms with van der Waals surface area (Å²) < 4.78 is 17.8. The Kier molecular flexibility index (Phi) is 10.3. The van der Waals surface area contributed by atoms with Gasteiger partial charge in [-0.25, -0.2) is 4.79 Å². The minimum absolute atomic E-state index is 0.0839. The van der Waals surface area contributed by atoms with Gasteiger partial charge in [-0.05, 0) is 42.3 Å². The lowest BCUT2D eigenvalue weighted by Crippen LogP contribution is -2.16. The Morgan fingerprint density at radius 3 is 2.58 bits per heavy atom. The van der Waals surface area contributed by atoms with Crippen LogP contribution in [0.1, 0.15) is 22.6 Å². The number of thiophene rings is 1. The Labute approximate surface area is 249 Å². The molecule has 0 bridgehead atoms. The first-order valence-corrected chi connectivity index (χ1v) is 14.7. The Hall–Kier alpha value is -3.25. The van der Waals surface area contributed by atoms with Crippen molar-refractivity contribution in [3.05, 3.63) is 69.3 Å². The van der Waals surface area contributed by atoms with Crippen molar-refractivity contribution in [2.45, 2.75) is 18.0 Å². The highest BCUT2D eigenvalue weighted by molar-refractivity contribution is 7.99. The molecule has 2 heterocycles. The summed E-state index contributed by atoms with van der Waals surface area (Å²) in [6, 6.07) is 12.4. The molecular weight excluding hydrogens is 595 g/mol. The molecule has 0 aliphatic carbocycles. The van der Waals surface area contributed by atoms with E-state index in [9.17, 15) is 9.59 Å². The molecule has 1 N–H and O–H groups in total. The first-order valence-electron chi connectivity index (χ1n) is 12.0. The molecule has 9 nitrogen and oxygen atoms in total. The molecular formula is C27H26Cl2N4O5S2. The Morgan fingerprint density at radius 2 is 1.88 bits per heavy atom. The number of carbonyl (C=O) groups excluding carboxylic acids is 2. The van der Waals surface area contributed by atoms with Crippen LogP contribution in [-0.2, 0) is 23.0 Å². The number of esters is 1. The van der Waals surface area contributed by atoms with Crippen LogP contribution in [0.2, 0.25) is 10.0 Å². The van der Waals surface area contributed by atoms with Crippen molar-refractivity contribution in [1.82, 2.24) is 14.8 Å². The molecule has 0 atom stereocenters. The number of thioether (sulfide) groups is 1. The number of anilines is 1. The van der Waals surface area contributed by atoms with E-state index in [0.29, 0.717) is 62.3 Å². The van der Waals surface area contributed by atoms with Gasteiger partial charge in [0, 0.05) is 29.4 Å². The van der Waals surface area contributed by atoms with Gasteiger partial charge in [-0.3, -0.25) is 4.79 Å². The molecule has 4 rings (SSSR count). The maximum Gasteiger partial charge on any atom is 0.341 e. The van der Waals surface area contributed by atoms with Gasteiger partial charge in [-0.15, -0.1) is 21.5 Å². The summed E-state index contributed by atoms with van der Waals surface area (Å²) in [5.41, 5.74) is 1.78. The van der Waals surface area contributed by atoms with E-state index in [-0.39, 0.29) is 11.7 Å². The van der Waals surface area contributed by atoms with Gasteiger partial charge in [0.15, 0.2) is 5.16 Å². The highest BCUT2D eigenvalue weighted by Gasteiger charge is 2.23. The average molecular weight is 622 g/mol. The van der Waals surface area contributed by atoms with E-state index < -0.39 is 5.97 Å². The molecule has 13 heteroatoms. The lowest BCUT2D eigenvalue weighted by atomic mass is 10.0. The molecule has 0 saturated carbocycles. The first-order chi connectivity index (χ1) is 19.3. The summed E-state index contributed by atoms with van der Waals surface area (Å²) in [5.74, 6) is 1.31. The Bertz CT molecular complexity index is 1490. The van der Waals surface area contributed by atoms with Gasteiger partial charge in [-0.2, -0.15) is 0 Å². The van der Waals surface area contributed by atoms with Crippen molar-refractivity contribution in [3.8, 4) is 22.6 Å². The van der Waals surface area contributed by atoms with Crippen molar-refractivity contribution >= 4 is 63.2 Å². The third-order valence-corrected chi connectivity index (χ3v) is 8.23. The van der Waals surface area contributed by atoms with Crippen molar-refractivity contribution in [2.75, 3.05) is 31.9 Å². The largest absolute Gasteiger partial charge is 0.497 e. The highest BCUT2D eigenvalue weighted by atomic mass is 35.5. The fourth-order valence-electron chi connectivity index (χ4n) is 3.72. The molecule has 0 spiro atoms. The number of hydrogen-bond acceptors (Lipinski definition) is 9. The summed E-state index contributed by atoms with van der Waals surface area (Å²) in [4.78, 5) is 25.4. The predicted octanol–water partition coefficient (Wildman–Crippen LogP) is 6.39. The SMILES string of the molecule is COC(=O)c1c(-c2ccc(OC)cc2)csc1NC(=O)CSc1nnc(CCCOc2ccc(Cl)cc2Cl)n1C. The summed E-state index contributed by atoms with van der Waals surface area (Å²) in [7, 11) is 4.75. The number of amides is 1. The van der Waals surface area contributed by atoms with Crippen LogP contribution < -0.4 is 14.8 Å². The lowest BCUT2D eigenvalue weighted by Gasteiger charge is -2.09. The van der Waals surface area contributed by atoms with Gasteiger partial charge in [0.2, 0.25) is 5.91 Å². The average Bonchev–Trinajstić information content (AvgIpc) is 3.53. The second-order valence-corrected chi connectivity index (χ2v) is 11.1. The zero-order valence-electron chi connectivity index (χ0n) is 21.9. The maximum atomic E-state index is 12.8. The summed E-state index contributed by atoms with van der Waals surface area (Å²) >= 11 is 14.6. The quantitative estimate of drug-likeness (QED) is 0.110. The molecule has 1 amide bonds. The van der Waals surface area contributed by atoms with Gasteiger partial charge in [0.05, 0.1) is 31.6 Å². The van der Waals surface area contributed by atoms with Crippen molar-refractivity contribution in [1.29, 1.82) is 0 Å². The number of rotatable bonds is 12. The topological polar surface area (TPSA) is 105 Å². The van der Waals surface area contributed by atoms with Gasteiger partial charge < -0.3 is 24.1 Å². The number of ether oxygens (including phenoxy) is 3. The van der Waals surface area contributed by atoms with Crippen molar-refractivity contribution in [3.63, 3.8) is 0 Å². The summed E-state index contributed by atoms with van der Waals surface area (Å²) in [6.45, 7) is 0.445. The predicted molar refractivity (Wildman–Crippen MR) is 158 cm³/mol. The van der Waals surface area contributed by atoms with Crippen LogP contribution in [0.25, 0.3) is 11.1 Å². The molecule has 2 aromatic carbocycles. The van der Waals surface area contributed by atoms with E-state index in [1.54, 1.807) is 37.4 Å². The molecule has 0 unspecified atom stereocenters. The van der Waals surface area contributed by atoms with E-state index >= 15 is 0 Å². The zero-order chi connectivity index (χ0) is 28.6. The van der Waals surface area contributed by atoms with Gasteiger partial charge in [0.25, 0.3) is 0 Å². The van der Waals surface area contributed by atoms with E-state index in [1.807, 2.05) is 29.1 Å². The van der Waals surface area contributed by atoms with Crippen molar-refractivity contribution in [2.24, 2.45) is 7.05 Å². The molecule has 2 aromatic heterocycles. The number of aromatic nitrogens is 3. The fraction of sp³-hybridized carbons (Fsp3) is 0.259. The minimum atomic E-state index is -0.532. The van der Waals surface area contributed by atoms with Crippen molar-refractivity contribution < 1.29 is 23.8 Å². The molecule has 4 aromatic rings. The number of benzene rings is 2. The zero-order valence-corrected chi connectivity index (χ0v) is 25.0. The lowest BCUT2D eigenvalue weighted by molar-refractivity contribution is -0.113. The van der Waals surface area contributed by atoms with Crippen LogP contribution in [0, 0.1) is 0 Å². The maximum absolute atomic E-state index is 12.8. The number of halogens is 2. The van der Waals surface area contributed by atoms with Crippen LogP contribution in [0.4, 0.5) is 5.00 Å². The molecule has 40 heavy (non-hydrogen) atoms. The van der Waals surface area contributed by atoms with Crippen LogP contribution in [-0.4, -0.2) is 53.2 Å². The van der Waals surface area contributed by atoms with Gasteiger partial charge >= 0.3 is 5.97 Å². The van der Waals surface area contributed by atoms with Crippen LogP contribution in [0.5, 0.6) is 11.5 Å². The second kappa shape index (κ2) is 13.9. The summed E-state index contributed by atoms with van der Waals surface area (Å²) in [6.07, 6.45) is 1.33. The second-order valence-electron chi connectivity index (χ2n) is 8.40. The molecule has 0 fully saturated rings.